The van der Waals surface area contributed by atoms with Crippen molar-refractivity contribution in [2.24, 2.45) is 0 Å². The van der Waals surface area contributed by atoms with Gasteiger partial charge in [0.15, 0.2) is 0 Å². The van der Waals surface area contributed by atoms with Gasteiger partial charge in [0.25, 0.3) is 0 Å². The zero-order valence-corrected chi connectivity index (χ0v) is 21.6. The van der Waals surface area contributed by atoms with Crippen LogP contribution in [0.2, 0.25) is 0 Å². The Morgan fingerprint density at radius 2 is 2.00 bits per heavy atom. The van der Waals surface area contributed by atoms with Crippen molar-refractivity contribution in [2.45, 2.75) is 44.3 Å². The molecule has 1 saturated heterocycles. The topological polar surface area (TPSA) is 223 Å². The van der Waals surface area contributed by atoms with Crippen LogP contribution in [0, 0.1) is 20.2 Å². The number of aromatic amines is 1. The smallest absolute Gasteiger partial charge is 0.403 e. The number of aliphatic hydroxyl groups excluding tert-OH is 1. The molecule has 38 heavy (non-hydrogen) atoms. The average molecular weight is 582 g/mol. The second-order valence-corrected chi connectivity index (χ2v) is 10.7. The molecule has 19 heteroatoms. The molecule has 17 nitrogen and oxygen atoms in total. The van der Waals surface area contributed by atoms with Gasteiger partial charge in [0, 0.05) is 18.8 Å². The summed E-state index contributed by atoms with van der Waals surface area (Å²) in [4.78, 5) is 45.8. The fourth-order valence-corrected chi connectivity index (χ4v) is 5.17. The second-order valence-electron chi connectivity index (χ2n) is 8.18. The lowest BCUT2D eigenvalue weighted by atomic mass is 10.2. The SMILES string of the molecule is CN(CCCCCl)P(=O)(OCc1ccc([N+](=O)[O-])o1)OCC1OC(n2cc([N+](=O)[O-])c(=O)[nH]c2=O)CC1O. The lowest BCUT2D eigenvalue weighted by Gasteiger charge is -2.28. The lowest BCUT2D eigenvalue weighted by Crippen LogP contribution is -2.33. The summed E-state index contributed by atoms with van der Waals surface area (Å²) in [5, 5.41) is 32.3. The van der Waals surface area contributed by atoms with Crippen molar-refractivity contribution < 1.29 is 37.7 Å². The van der Waals surface area contributed by atoms with Crippen LogP contribution in [0.1, 0.15) is 31.3 Å². The number of unbranched alkanes of at least 4 members (excludes halogenated alkanes) is 1. The largest absolute Gasteiger partial charge is 0.433 e. The molecule has 0 aromatic carbocycles. The first-order valence-corrected chi connectivity index (χ1v) is 13.2. The van der Waals surface area contributed by atoms with Crippen molar-refractivity contribution >= 4 is 30.9 Å². The van der Waals surface area contributed by atoms with Gasteiger partial charge in [-0.05, 0) is 26.0 Å². The Morgan fingerprint density at radius 3 is 2.63 bits per heavy atom. The van der Waals surface area contributed by atoms with Crippen LogP contribution in [0.15, 0.2) is 32.3 Å². The van der Waals surface area contributed by atoms with E-state index >= 15 is 0 Å². The molecule has 4 unspecified atom stereocenters. The van der Waals surface area contributed by atoms with Crippen molar-refractivity contribution in [3.63, 3.8) is 0 Å². The Bertz CT molecular complexity index is 1310. The first kappa shape index (κ1) is 29.6. The maximum Gasteiger partial charge on any atom is 0.433 e. The van der Waals surface area contributed by atoms with Crippen LogP contribution < -0.4 is 11.2 Å². The quantitative estimate of drug-likeness (QED) is 0.107. The molecule has 1 aliphatic rings. The summed E-state index contributed by atoms with van der Waals surface area (Å²) in [6.07, 6.45) is -1.87. The van der Waals surface area contributed by atoms with E-state index in [1.807, 2.05) is 4.98 Å². The van der Waals surface area contributed by atoms with E-state index in [9.17, 15) is 39.5 Å². The van der Waals surface area contributed by atoms with Crippen LogP contribution >= 0.6 is 19.3 Å². The number of aromatic nitrogens is 2. The molecule has 0 aliphatic carbocycles. The molecule has 210 valence electrons. The van der Waals surface area contributed by atoms with E-state index in [1.54, 1.807) is 0 Å². The third kappa shape index (κ3) is 7.13. The number of furan rings is 1. The number of rotatable bonds is 14. The predicted molar refractivity (Wildman–Crippen MR) is 129 cm³/mol. The number of hydrogen-bond donors (Lipinski definition) is 2. The third-order valence-electron chi connectivity index (χ3n) is 5.54. The maximum absolute atomic E-state index is 13.6. The van der Waals surface area contributed by atoms with Crippen molar-refractivity contribution in [2.75, 3.05) is 26.1 Å². The van der Waals surface area contributed by atoms with Gasteiger partial charge in [-0.2, -0.15) is 0 Å². The minimum Gasteiger partial charge on any atom is -0.403 e. The van der Waals surface area contributed by atoms with E-state index in [0.717, 1.165) is 10.6 Å². The summed E-state index contributed by atoms with van der Waals surface area (Å²) in [7, 11) is -2.61. The van der Waals surface area contributed by atoms with Gasteiger partial charge in [0.05, 0.1) is 29.9 Å². The molecule has 0 radical (unpaired) electrons. The molecule has 0 amide bonds. The molecule has 4 atom stereocenters. The molecule has 1 fully saturated rings. The number of nitrogens with one attached hydrogen (secondary N) is 1. The van der Waals surface area contributed by atoms with Gasteiger partial charge in [0.2, 0.25) is 0 Å². The monoisotopic (exact) mass is 581 g/mol. The molecular weight excluding hydrogens is 557 g/mol. The van der Waals surface area contributed by atoms with Crippen molar-refractivity contribution in [3.8, 4) is 0 Å². The van der Waals surface area contributed by atoms with Gasteiger partial charge in [-0.25, -0.2) is 14.0 Å². The Kier molecular flexibility index (Phi) is 9.94. The summed E-state index contributed by atoms with van der Waals surface area (Å²) >= 11 is 5.70. The van der Waals surface area contributed by atoms with E-state index < -0.39 is 72.1 Å². The van der Waals surface area contributed by atoms with E-state index in [4.69, 9.17) is 29.8 Å². The first-order valence-electron chi connectivity index (χ1n) is 11.2. The molecule has 3 rings (SSSR count). The number of halogens is 1. The van der Waals surface area contributed by atoms with Gasteiger partial charge in [-0.1, -0.05) is 0 Å². The normalized spacial score (nSPS) is 21.0. The Labute approximate surface area is 218 Å². The minimum atomic E-state index is -4.07. The lowest BCUT2D eigenvalue weighted by molar-refractivity contribution is -0.402. The zero-order chi connectivity index (χ0) is 28.0. The fraction of sp³-hybridized carbons (Fsp3) is 0.579. The highest BCUT2D eigenvalue weighted by molar-refractivity contribution is 7.51. The van der Waals surface area contributed by atoms with Gasteiger partial charge < -0.3 is 14.3 Å². The Morgan fingerprint density at radius 1 is 1.26 bits per heavy atom. The molecular formula is C19H25ClN5O12P. The van der Waals surface area contributed by atoms with E-state index in [-0.39, 0.29) is 18.7 Å². The molecule has 2 N–H and O–H groups in total. The zero-order valence-electron chi connectivity index (χ0n) is 20.0. The number of nitrogens with zero attached hydrogens (tertiary/aromatic N) is 4. The predicted octanol–water partition coefficient (Wildman–Crippen LogP) is 1.89. The third-order valence-corrected chi connectivity index (χ3v) is 7.78. The number of alkyl halides is 1. The molecule has 3 heterocycles. The number of H-pyrrole nitrogens is 1. The van der Waals surface area contributed by atoms with Crippen LogP contribution in [-0.4, -0.2) is 67.5 Å². The number of hydrogen-bond acceptors (Lipinski definition) is 12. The van der Waals surface area contributed by atoms with E-state index in [2.05, 4.69) is 0 Å². The van der Waals surface area contributed by atoms with Crippen LogP contribution in [0.5, 0.6) is 0 Å². The van der Waals surface area contributed by atoms with Crippen molar-refractivity contribution in [3.05, 3.63) is 65.2 Å². The van der Waals surface area contributed by atoms with Crippen molar-refractivity contribution in [1.82, 2.24) is 14.2 Å². The highest BCUT2D eigenvalue weighted by atomic mass is 35.5. The summed E-state index contributed by atoms with van der Waals surface area (Å²) < 4.78 is 37.4. The van der Waals surface area contributed by atoms with Crippen molar-refractivity contribution in [1.29, 1.82) is 0 Å². The molecule has 0 bridgehead atoms. The van der Waals surface area contributed by atoms with Crippen LogP contribution in [-0.2, 0) is 25.0 Å². The maximum atomic E-state index is 13.6. The fourth-order valence-electron chi connectivity index (χ4n) is 3.50. The molecule has 2 aromatic heterocycles. The van der Waals surface area contributed by atoms with Crippen LogP contribution in [0.3, 0.4) is 0 Å². The first-order chi connectivity index (χ1) is 17.9. The van der Waals surface area contributed by atoms with Gasteiger partial charge >= 0.3 is 30.6 Å². The molecule has 0 spiro atoms. The van der Waals surface area contributed by atoms with Crippen LogP contribution in [0.25, 0.3) is 0 Å². The summed E-state index contributed by atoms with van der Waals surface area (Å²) in [6, 6.07) is 2.39. The van der Waals surface area contributed by atoms with E-state index in [1.165, 1.54) is 17.8 Å². The number of nitro groups is 2. The van der Waals surface area contributed by atoms with Gasteiger partial charge in [-0.15, -0.1) is 11.6 Å². The Balaban J connectivity index is 1.72. The standard InChI is InChI=1S/C19H25ClN5O12P/c1-22(7-3-2-6-20)38(33,34-10-12-4-5-16(36-12)25(31)32)35-11-15-14(26)8-17(37-15)23-9-13(24(29)30)18(27)21-19(23)28/h4-5,9,14-15,17,26H,2-3,6-8,10-11H2,1H3,(H,21,27,28). The van der Waals surface area contributed by atoms with Gasteiger partial charge in [-0.3, -0.25) is 43.6 Å². The molecule has 0 saturated carbocycles. The highest BCUT2D eigenvalue weighted by Gasteiger charge is 2.40. The summed E-state index contributed by atoms with van der Waals surface area (Å²) in [5.74, 6) is -0.131. The highest BCUT2D eigenvalue weighted by Crippen LogP contribution is 2.52. The molecule has 1 aliphatic heterocycles. The molecule has 2 aromatic rings. The summed E-state index contributed by atoms with van der Waals surface area (Å²) in [5.41, 5.74) is -3.07. The van der Waals surface area contributed by atoms with E-state index in [0.29, 0.717) is 24.9 Å². The van der Waals surface area contributed by atoms with Crippen LogP contribution in [0.4, 0.5) is 11.6 Å². The average Bonchev–Trinajstić information content (AvgIpc) is 3.48. The second kappa shape index (κ2) is 12.8. The minimum absolute atomic E-state index is 0.0194. The summed E-state index contributed by atoms with van der Waals surface area (Å²) in [6.45, 7) is -0.666. The number of aliphatic hydroxyl groups is 1. The van der Waals surface area contributed by atoms with Gasteiger partial charge in [0.1, 0.15) is 29.6 Å². The number of ether oxygens (including phenoxy) is 1. The Hall–Kier alpha value is -2.92.